The lowest BCUT2D eigenvalue weighted by Crippen LogP contribution is -2.15. The molecule has 0 radical (unpaired) electrons. The van der Waals surface area contributed by atoms with E-state index in [0.29, 0.717) is 12.1 Å². The second kappa shape index (κ2) is 8.83. The number of fused-ring (bicyclic) bond motifs is 1. The summed E-state index contributed by atoms with van der Waals surface area (Å²) in [5, 5.41) is 9.64. The SMILES string of the molecule is CCCCOC(=O)Cc1c(C)n(C(=O)c2ccc(Cl)c(F)c2)c2ccc(O)c(F)c12. The molecule has 1 N–H and O–H groups in total. The van der Waals surface area contributed by atoms with Crippen molar-refractivity contribution in [3.05, 3.63) is 63.8 Å². The quantitative estimate of drug-likeness (QED) is 0.429. The van der Waals surface area contributed by atoms with Crippen molar-refractivity contribution in [2.45, 2.75) is 33.1 Å². The Balaban J connectivity index is 2.12. The van der Waals surface area contributed by atoms with Gasteiger partial charge in [-0.15, -0.1) is 0 Å². The smallest absolute Gasteiger partial charge is 0.310 e. The molecule has 0 aliphatic rings. The molecule has 30 heavy (non-hydrogen) atoms. The van der Waals surface area contributed by atoms with Crippen LogP contribution in [0.4, 0.5) is 8.78 Å². The molecule has 0 amide bonds. The van der Waals surface area contributed by atoms with Gasteiger partial charge in [0.15, 0.2) is 11.6 Å². The first kappa shape index (κ1) is 21.8. The lowest BCUT2D eigenvalue weighted by atomic mass is 10.1. The highest BCUT2D eigenvalue weighted by atomic mass is 35.5. The van der Waals surface area contributed by atoms with Crippen molar-refractivity contribution in [1.29, 1.82) is 0 Å². The number of carbonyl (C=O) groups excluding carboxylic acids is 2. The Morgan fingerprint density at radius 2 is 1.93 bits per heavy atom. The van der Waals surface area contributed by atoms with Crippen LogP contribution >= 0.6 is 11.6 Å². The number of nitrogens with zero attached hydrogens (tertiary/aromatic N) is 1. The molecule has 0 atom stereocenters. The Morgan fingerprint density at radius 1 is 1.20 bits per heavy atom. The molecule has 0 spiro atoms. The van der Waals surface area contributed by atoms with Gasteiger partial charge in [-0.2, -0.15) is 0 Å². The summed E-state index contributed by atoms with van der Waals surface area (Å²) in [7, 11) is 0. The maximum atomic E-state index is 14.8. The lowest BCUT2D eigenvalue weighted by Gasteiger charge is -2.08. The molecule has 5 nitrogen and oxygen atoms in total. The molecule has 0 saturated carbocycles. The van der Waals surface area contributed by atoms with E-state index in [2.05, 4.69) is 0 Å². The van der Waals surface area contributed by atoms with E-state index in [1.807, 2.05) is 6.92 Å². The van der Waals surface area contributed by atoms with Crippen LogP contribution < -0.4 is 0 Å². The fourth-order valence-corrected chi connectivity index (χ4v) is 3.40. The van der Waals surface area contributed by atoms with Gasteiger partial charge in [-0.25, -0.2) is 8.78 Å². The normalized spacial score (nSPS) is 11.1. The molecule has 8 heteroatoms. The van der Waals surface area contributed by atoms with E-state index in [-0.39, 0.29) is 40.1 Å². The van der Waals surface area contributed by atoms with Gasteiger partial charge in [0.05, 0.1) is 23.6 Å². The maximum Gasteiger partial charge on any atom is 0.310 e. The fourth-order valence-electron chi connectivity index (χ4n) is 3.29. The number of hydrogen-bond acceptors (Lipinski definition) is 4. The van der Waals surface area contributed by atoms with E-state index < -0.39 is 29.3 Å². The number of esters is 1. The molecule has 158 valence electrons. The topological polar surface area (TPSA) is 68.5 Å². The van der Waals surface area contributed by atoms with Crippen LogP contribution in [-0.4, -0.2) is 28.2 Å². The summed E-state index contributed by atoms with van der Waals surface area (Å²) in [5.41, 5.74) is 0.673. The van der Waals surface area contributed by atoms with Crippen LogP contribution in [0, 0.1) is 18.6 Å². The summed E-state index contributed by atoms with van der Waals surface area (Å²) in [6.45, 7) is 3.74. The molecule has 3 rings (SSSR count). The van der Waals surface area contributed by atoms with E-state index in [1.54, 1.807) is 6.92 Å². The van der Waals surface area contributed by atoms with Crippen molar-refractivity contribution in [3.8, 4) is 5.75 Å². The number of carbonyl (C=O) groups is 2. The molecule has 0 aliphatic heterocycles. The zero-order valence-electron chi connectivity index (χ0n) is 16.5. The summed E-state index contributed by atoms with van der Waals surface area (Å²) in [6.07, 6.45) is 1.27. The first-order valence-electron chi connectivity index (χ1n) is 9.43. The summed E-state index contributed by atoms with van der Waals surface area (Å²) < 4.78 is 35.0. The Morgan fingerprint density at radius 3 is 2.60 bits per heavy atom. The zero-order chi connectivity index (χ0) is 22.0. The number of aromatic nitrogens is 1. The summed E-state index contributed by atoms with van der Waals surface area (Å²) in [6, 6.07) is 6.09. The van der Waals surface area contributed by atoms with Crippen LogP contribution in [0.1, 0.15) is 41.4 Å². The number of benzene rings is 2. The van der Waals surface area contributed by atoms with Gasteiger partial charge in [-0.3, -0.25) is 14.2 Å². The van der Waals surface area contributed by atoms with Crippen molar-refractivity contribution in [2.24, 2.45) is 0 Å². The van der Waals surface area contributed by atoms with E-state index >= 15 is 0 Å². The molecule has 0 unspecified atom stereocenters. The van der Waals surface area contributed by atoms with Gasteiger partial charge in [0.2, 0.25) is 0 Å². The number of unbranched alkanes of at least 4 members (excludes halogenated alkanes) is 1. The van der Waals surface area contributed by atoms with E-state index in [1.165, 1.54) is 22.8 Å². The number of rotatable bonds is 6. The van der Waals surface area contributed by atoms with Crippen molar-refractivity contribution in [1.82, 2.24) is 4.57 Å². The molecule has 1 heterocycles. The summed E-state index contributed by atoms with van der Waals surface area (Å²) in [5.74, 6) is -3.51. The van der Waals surface area contributed by atoms with Gasteiger partial charge >= 0.3 is 5.97 Å². The van der Waals surface area contributed by atoms with Crippen molar-refractivity contribution in [2.75, 3.05) is 6.61 Å². The minimum atomic E-state index is -0.944. The lowest BCUT2D eigenvalue weighted by molar-refractivity contribution is -0.142. The minimum Gasteiger partial charge on any atom is -0.505 e. The third-order valence-electron chi connectivity index (χ3n) is 4.87. The highest BCUT2D eigenvalue weighted by molar-refractivity contribution is 6.30. The Bertz CT molecular complexity index is 1140. The van der Waals surface area contributed by atoms with Crippen LogP contribution in [0.15, 0.2) is 30.3 Å². The molecule has 0 bridgehead atoms. The highest BCUT2D eigenvalue weighted by Crippen LogP contribution is 2.34. The first-order valence-corrected chi connectivity index (χ1v) is 9.80. The summed E-state index contributed by atoms with van der Waals surface area (Å²) in [4.78, 5) is 25.3. The molecule has 0 fully saturated rings. The predicted octanol–water partition coefficient (Wildman–Crippen LogP) is 5.16. The van der Waals surface area contributed by atoms with Crippen LogP contribution in [0.25, 0.3) is 10.9 Å². The number of halogens is 3. The molecular weight excluding hydrogens is 416 g/mol. The molecule has 0 saturated heterocycles. The van der Waals surface area contributed by atoms with Gasteiger partial charge < -0.3 is 9.84 Å². The second-order valence-electron chi connectivity index (χ2n) is 6.88. The van der Waals surface area contributed by atoms with Crippen LogP contribution in [0.5, 0.6) is 5.75 Å². The number of ether oxygens (including phenoxy) is 1. The van der Waals surface area contributed by atoms with Crippen molar-refractivity contribution in [3.63, 3.8) is 0 Å². The molecule has 2 aromatic carbocycles. The average Bonchev–Trinajstić information content (AvgIpc) is 2.98. The van der Waals surface area contributed by atoms with Gasteiger partial charge in [-0.05, 0) is 49.2 Å². The number of hydrogen-bond donors (Lipinski definition) is 1. The van der Waals surface area contributed by atoms with Crippen LogP contribution in [0.2, 0.25) is 5.02 Å². The minimum absolute atomic E-state index is 0.00227. The number of phenols is 1. The predicted molar refractivity (Wildman–Crippen MR) is 109 cm³/mol. The van der Waals surface area contributed by atoms with Crippen LogP contribution in [-0.2, 0) is 16.0 Å². The highest BCUT2D eigenvalue weighted by Gasteiger charge is 2.25. The standard InChI is InChI=1S/C22H20ClF2NO4/c1-3-4-9-30-19(28)11-14-12(2)26(17-7-8-18(27)21(25)20(14)17)22(29)13-5-6-15(23)16(24)10-13/h5-8,10,27H,3-4,9,11H2,1-2H3. The van der Waals surface area contributed by atoms with Gasteiger partial charge in [0.25, 0.3) is 5.91 Å². The van der Waals surface area contributed by atoms with E-state index in [9.17, 15) is 23.5 Å². The van der Waals surface area contributed by atoms with Gasteiger partial charge in [-0.1, -0.05) is 24.9 Å². The van der Waals surface area contributed by atoms with Crippen molar-refractivity contribution >= 4 is 34.4 Å². The fraction of sp³-hybridized carbons (Fsp3) is 0.273. The molecule has 1 aromatic heterocycles. The maximum absolute atomic E-state index is 14.8. The third-order valence-corrected chi connectivity index (χ3v) is 5.17. The van der Waals surface area contributed by atoms with E-state index in [4.69, 9.17) is 16.3 Å². The summed E-state index contributed by atoms with van der Waals surface area (Å²) >= 11 is 5.69. The zero-order valence-corrected chi connectivity index (χ0v) is 17.2. The van der Waals surface area contributed by atoms with Crippen molar-refractivity contribution < 1.29 is 28.2 Å². The average molecular weight is 436 g/mol. The Hall–Kier alpha value is -2.93. The second-order valence-corrected chi connectivity index (χ2v) is 7.28. The first-order chi connectivity index (χ1) is 14.3. The number of aromatic hydroxyl groups is 1. The number of phenolic OH excluding ortho intramolecular Hbond substituents is 1. The van der Waals surface area contributed by atoms with Gasteiger partial charge in [0, 0.05) is 16.6 Å². The molecular formula is C22H20ClF2NO4. The van der Waals surface area contributed by atoms with Gasteiger partial charge in [0.1, 0.15) is 5.82 Å². The monoisotopic (exact) mass is 435 g/mol. The van der Waals surface area contributed by atoms with Crippen LogP contribution in [0.3, 0.4) is 0 Å². The largest absolute Gasteiger partial charge is 0.505 e. The van der Waals surface area contributed by atoms with E-state index in [0.717, 1.165) is 18.6 Å². The Kier molecular flexibility index (Phi) is 6.41. The Labute approximate surface area is 176 Å². The molecule has 3 aromatic rings. The third kappa shape index (κ3) is 4.03. The molecule has 0 aliphatic carbocycles.